The number of rotatable bonds is 4. The van der Waals surface area contributed by atoms with E-state index in [1.54, 1.807) is 12.5 Å². The van der Waals surface area contributed by atoms with Gasteiger partial charge in [0.15, 0.2) is 0 Å². The largest absolute Gasteiger partial charge is 0.468 e. The minimum Gasteiger partial charge on any atom is -0.468 e. The lowest BCUT2D eigenvalue weighted by Gasteiger charge is -2.34. The van der Waals surface area contributed by atoms with Gasteiger partial charge < -0.3 is 19.5 Å². The van der Waals surface area contributed by atoms with Gasteiger partial charge in [-0.15, -0.1) is 0 Å². The number of carbonyl (C=O) groups excluding carboxylic acids is 1. The molecule has 7 heteroatoms. The molecule has 2 aromatic rings. The lowest BCUT2D eigenvalue weighted by molar-refractivity contribution is 0.137. The van der Waals surface area contributed by atoms with Gasteiger partial charge in [-0.05, 0) is 24.3 Å². The summed E-state index contributed by atoms with van der Waals surface area (Å²) in [5.74, 6) is 1.82. The Morgan fingerprint density at radius 3 is 2.62 bits per heavy atom. The van der Waals surface area contributed by atoms with E-state index in [0.29, 0.717) is 18.8 Å². The van der Waals surface area contributed by atoms with Crippen LogP contribution in [0.2, 0.25) is 0 Å². The van der Waals surface area contributed by atoms with Gasteiger partial charge in [-0.2, -0.15) is 0 Å². The molecule has 128 valence electrons. The molecule has 7 nitrogen and oxygen atoms in total. The van der Waals surface area contributed by atoms with Crippen LogP contribution in [-0.4, -0.2) is 61.1 Å². The van der Waals surface area contributed by atoms with E-state index < -0.39 is 0 Å². The number of anilines is 2. The third kappa shape index (κ3) is 4.05. The number of hydrogen-bond acceptors (Lipinski definition) is 5. The highest BCUT2D eigenvalue weighted by atomic mass is 16.3. The predicted octanol–water partition coefficient (Wildman–Crippen LogP) is 2.09. The second-order valence-corrected chi connectivity index (χ2v) is 6.07. The maximum atomic E-state index is 12.3. The minimum absolute atomic E-state index is 0.0768. The summed E-state index contributed by atoms with van der Waals surface area (Å²) in [6, 6.07) is 7.55. The van der Waals surface area contributed by atoms with E-state index in [1.165, 1.54) is 0 Å². The summed E-state index contributed by atoms with van der Waals surface area (Å²) in [7, 11) is 3.87. The number of aromatic nitrogens is 1. The van der Waals surface area contributed by atoms with Crippen molar-refractivity contribution in [3.05, 3.63) is 42.5 Å². The van der Waals surface area contributed by atoms with Gasteiger partial charge in [0.1, 0.15) is 11.6 Å². The van der Waals surface area contributed by atoms with Crippen LogP contribution in [0.15, 0.2) is 41.1 Å². The maximum Gasteiger partial charge on any atom is 0.321 e. The molecule has 1 aliphatic heterocycles. The van der Waals surface area contributed by atoms with E-state index in [2.05, 4.69) is 15.2 Å². The van der Waals surface area contributed by atoms with Gasteiger partial charge in [-0.3, -0.25) is 4.90 Å². The number of amides is 2. The molecule has 24 heavy (non-hydrogen) atoms. The Hall–Kier alpha value is -2.54. The van der Waals surface area contributed by atoms with Gasteiger partial charge in [0.25, 0.3) is 0 Å². The highest BCUT2D eigenvalue weighted by molar-refractivity contribution is 5.89. The van der Waals surface area contributed by atoms with Crippen LogP contribution in [0.1, 0.15) is 5.76 Å². The van der Waals surface area contributed by atoms with Gasteiger partial charge in [-0.25, -0.2) is 9.78 Å². The highest BCUT2D eigenvalue weighted by Crippen LogP contribution is 2.14. The second kappa shape index (κ2) is 7.35. The highest BCUT2D eigenvalue weighted by Gasteiger charge is 2.21. The molecule has 3 heterocycles. The van der Waals surface area contributed by atoms with E-state index >= 15 is 0 Å². The Balaban J connectivity index is 1.48. The van der Waals surface area contributed by atoms with Crippen LogP contribution in [0, 0.1) is 0 Å². The molecule has 2 aromatic heterocycles. The quantitative estimate of drug-likeness (QED) is 0.930. The van der Waals surface area contributed by atoms with Crippen LogP contribution >= 0.6 is 0 Å². The Kier molecular flexibility index (Phi) is 5.00. The summed E-state index contributed by atoms with van der Waals surface area (Å²) in [4.78, 5) is 22.7. The number of furan rings is 1. The second-order valence-electron chi connectivity index (χ2n) is 6.07. The topological polar surface area (TPSA) is 64.9 Å². The first-order chi connectivity index (χ1) is 11.6. The minimum atomic E-state index is -0.0768. The summed E-state index contributed by atoms with van der Waals surface area (Å²) in [6.45, 7) is 3.88. The first kappa shape index (κ1) is 16.3. The molecule has 0 unspecified atom stereocenters. The molecule has 0 aliphatic carbocycles. The first-order valence-corrected chi connectivity index (χ1v) is 8.06. The Morgan fingerprint density at radius 2 is 2.04 bits per heavy atom. The van der Waals surface area contributed by atoms with Crippen molar-refractivity contribution in [2.24, 2.45) is 0 Å². The summed E-state index contributed by atoms with van der Waals surface area (Å²) in [5, 5.41) is 2.91. The zero-order chi connectivity index (χ0) is 16.9. The molecule has 0 aromatic carbocycles. The lowest BCUT2D eigenvalue weighted by Crippen LogP contribution is -2.49. The summed E-state index contributed by atoms with van der Waals surface area (Å²) < 4.78 is 5.37. The number of carbonyl (C=O) groups is 1. The molecule has 0 atom stereocenters. The first-order valence-electron chi connectivity index (χ1n) is 8.06. The molecular weight excluding hydrogens is 306 g/mol. The molecule has 1 fully saturated rings. The average molecular weight is 329 g/mol. The third-order valence-corrected chi connectivity index (χ3v) is 4.08. The molecule has 1 aliphatic rings. The van der Waals surface area contributed by atoms with Crippen molar-refractivity contribution in [1.82, 2.24) is 14.8 Å². The van der Waals surface area contributed by atoms with E-state index in [4.69, 9.17) is 4.42 Å². The summed E-state index contributed by atoms with van der Waals surface area (Å²) in [6.07, 6.45) is 3.37. The van der Waals surface area contributed by atoms with Crippen molar-refractivity contribution in [2.45, 2.75) is 6.54 Å². The Morgan fingerprint density at radius 1 is 1.25 bits per heavy atom. The van der Waals surface area contributed by atoms with Crippen molar-refractivity contribution < 1.29 is 9.21 Å². The van der Waals surface area contributed by atoms with Gasteiger partial charge in [0, 0.05) is 40.3 Å². The monoisotopic (exact) mass is 329 g/mol. The predicted molar refractivity (Wildman–Crippen MR) is 93.1 cm³/mol. The molecule has 3 rings (SSSR count). The Labute approximate surface area is 141 Å². The molecule has 0 spiro atoms. The number of hydrogen-bond donors (Lipinski definition) is 1. The van der Waals surface area contributed by atoms with Crippen LogP contribution in [0.3, 0.4) is 0 Å². The molecule has 0 saturated carbocycles. The molecule has 0 bridgehead atoms. The van der Waals surface area contributed by atoms with Crippen molar-refractivity contribution >= 4 is 17.5 Å². The fourth-order valence-corrected chi connectivity index (χ4v) is 2.66. The Bertz CT molecular complexity index is 646. The average Bonchev–Trinajstić information content (AvgIpc) is 3.09. The van der Waals surface area contributed by atoms with Gasteiger partial charge in [0.05, 0.1) is 24.7 Å². The van der Waals surface area contributed by atoms with Gasteiger partial charge >= 0.3 is 6.03 Å². The van der Waals surface area contributed by atoms with Crippen molar-refractivity contribution in [3.63, 3.8) is 0 Å². The van der Waals surface area contributed by atoms with Crippen LogP contribution in [0.5, 0.6) is 0 Å². The normalized spacial score (nSPS) is 15.3. The molecule has 2 amide bonds. The summed E-state index contributed by atoms with van der Waals surface area (Å²) in [5.41, 5.74) is 0.712. The number of nitrogens with zero attached hydrogens (tertiary/aromatic N) is 4. The molecular formula is C17H23N5O2. The number of pyridine rings is 1. The third-order valence-electron chi connectivity index (χ3n) is 4.08. The van der Waals surface area contributed by atoms with E-state index in [9.17, 15) is 4.79 Å². The van der Waals surface area contributed by atoms with Crippen LogP contribution in [0.25, 0.3) is 0 Å². The van der Waals surface area contributed by atoms with E-state index in [0.717, 1.165) is 31.2 Å². The van der Waals surface area contributed by atoms with Crippen LogP contribution in [-0.2, 0) is 6.54 Å². The molecule has 1 N–H and O–H groups in total. The van der Waals surface area contributed by atoms with Gasteiger partial charge in [0.2, 0.25) is 0 Å². The fourth-order valence-electron chi connectivity index (χ4n) is 2.66. The fraction of sp³-hybridized carbons (Fsp3) is 0.412. The molecule has 0 radical (unpaired) electrons. The SMILES string of the molecule is CN(C)c1ccc(NC(=O)N2CCN(Cc3ccco3)CC2)cn1. The van der Waals surface area contributed by atoms with Crippen LogP contribution < -0.4 is 10.2 Å². The van der Waals surface area contributed by atoms with Crippen molar-refractivity contribution in [2.75, 3.05) is 50.5 Å². The van der Waals surface area contributed by atoms with E-state index in [-0.39, 0.29) is 6.03 Å². The zero-order valence-corrected chi connectivity index (χ0v) is 14.1. The maximum absolute atomic E-state index is 12.3. The van der Waals surface area contributed by atoms with Gasteiger partial charge in [-0.1, -0.05) is 0 Å². The smallest absolute Gasteiger partial charge is 0.321 e. The zero-order valence-electron chi connectivity index (χ0n) is 14.1. The van der Waals surface area contributed by atoms with E-state index in [1.807, 2.05) is 48.2 Å². The molecule has 1 saturated heterocycles. The lowest BCUT2D eigenvalue weighted by atomic mass is 10.3. The van der Waals surface area contributed by atoms with Crippen LogP contribution in [0.4, 0.5) is 16.3 Å². The standard InChI is InChI=1S/C17H23N5O2/c1-20(2)16-6-5-14(12-18-16)19-17(23)22-9-7-21(8-10-22)13-15-4-3-11-24-15/h3-6,11-12H,7-10,13H2,1-2H3,(H,19,23). The number of urea groups is 1. The number of nitrogens with one attached hydrogen (secondary N) is 1. The van der Waals surface area contributed by atoms with Crippen molar-refractivity contribution in [1.29, 1.82) is 0 Å². The summed E-state index contributed by atoms with van der Waals surface area (Å²) >= 11 is 0. The number of piperazine rings is 1. The van der Waals surface area contributed by atoms with Crippen molar-refractivity contribution in [3.8, 4) is 0 Å².